The molecule has 27 heavy (non-hydrogen) atoms. The molecule has 8 heteroatoms. The summed E-state index contributed by atoms with van der Waals surface area (Å²) in [5, 5.41) is 11.4. The average Bonchev–Trinajstić information content (AvgIpc) is 2.84. The van der Waals surface area contributed by atoms with Gasteiger partial charge in [0, 0.05) is 22.8 Å². The number of esters is 1. The number of hydrogen-bond acceptors (Lipinski definition) is 6. The number of nitro benzene ring substituents is 1. The molecule has 3 rings (SSSR count). The number of ether oxygens (including phenoxy) is 1. The van der Waals surface area contributed by atoms with Crippen molar-refractivity contribution in [3.05, 3.63) is 64.2 Å². The van der Waals surface area contributed by atoms with Crippen molar-refractivity contribution in [2.24, 2.45) is 0 Å². The number of hydrogen-bond donors (Lipinski definition) is 0. The molecule has 2 aromatic carbocycles. The van der Waals surface area contributed by atoms with E-state index in [9.17, 15) is 19.7 Å². The fourth-order valence-electron chi connectivity index (χ4n) is 2.83. The van der Waals surface area contributed by atoms with Gasteiger partial charge in [-0.25, -0.2) is 4.79 Å². The van der Waals surface area contributed by atoms with Crippen LogP contribution in [0.2, 0.25) is 0 Å². The molecule has 1 amide bonds. The van der Waals surface area contributed by atoms with Gasteiger partial charge in [-0.15, -0.1) is 11.8 Å². The van der Waals surface area contributed by atoms with Crippen LogP contribution in [0, 0.1) is 10.1 Å². The molecule has 0 aromatic heterocycles. The highest BCUT2D eigenvalue weighted by Crippen LogP contribution is 2.37. The van der Waals surface area contributed by atoms with Gasteiger partial charge >= 0.3 is 5.97 Å². The maximum absolute atomic E-state index is 12.7. The molecule has 0 spiro atoms. The number of benzene rings is 2. The Labute approximate surface area is 160 Å². The van der Waals surface area contributed by atoms with Gasteiger partial charge < -0.3 is 9.64 Å². The normalized spacial score (nSPS) is 16.2. The second kappa shape index (κ2) is 8.22. The number of fused-ring (bicyclic) bond motifs is 1. The lowest BCUT2D eigenvalue weighted by Gasteiger charge is -2.22. The van der Waals surface area contributed by atoms with Gasteiger partial charge in [-0.1, -0.05) is 31.2 Å². The van der Waals surface area contributed by atoms with E-state index in [1.54, 1.807) is 16.7 Å². The minimum Gasteiger partial charge on any atom is -0.452 e. The van der Waals surface area contributed by atoms with E-state index in [0.29, 0.717) is 11.8 Å². The summed E-state index contributed by atoms with van der Waals surface area (Å²) >= 11 is 1.70. The smallest absolute Gasteiger partial charge is 0.345 e. The van der Waals surface area contributed by atoms with Gasteiger partial charge in [0.25, 0.3) is 11.6 Å². The van der Waals surface area contributed by atoms with Crippen molar-refractivity contribution in [2.45, 2.75) is 23.5 Å². The van der Waals surface area contributed by atoms with Crippen molar-refractivity contribution in [1.82, 2.24) is 0 Å². The lowest BCUT2D eigenvalue weighted by atomic mass is 10.2. The molecule has 0 aliphatic carbocycles. The van der Waals surface area contributed by atoms with Gasteiger partial charge in [0.1, 0.15) is 5.56 Å². The lowest BCUT2D eigenvalue weighted by Crippen LogP contribution is -2.35. The number of thioether (sulfide) groups is 1. The molecule has 2 aromatic rings. The van der Waals surface area contributed by atoms with Crippen molar-refractivity contribution < 1.29 is 19.2 Å². The Kier molecular flexibility index (Phi) is 5.75. The Hall–Kier alpha value is -2.87. The summed E-state index contributed by atoms with van der Waals surface area (Å²) in [5.74, 6) is -1.24. The maximum Gasteiger partial charge on any atom is 0.345 e. The first kappa shape index (κ1) is 18.9. The predicted molar refractivity (Wildman–Crippen MR) is 102 cm³/mol. The van der Waals surface area contributed by atoms with Gasteiger partial charge in [-0.2, -0.15) is 0 Å². The zero-order valence-corrected chi connectivity index (χ0v) is 15.5. The van der Waals surface area contributed by atoms with Gasteiger partial charge in [0.15, 0.2) is 6.61 Å². The van der Waals surface area contributed by atoms with E-state index in [1.807, 2.05) is 24.3 Å². The van der Waals surface area contributed by atoms with Crippen LogP contribution in [-0.2, 0) is 9.53 Å². The van der Waals surface area contributed by atoms with E-state index < -0.39 is 17.5 Å². The molecule has 0 unspecified atom stereocenters. The fourth-order valence-corrected chi connectivity index (χ4v) is 3.95. The van der Waals surface area contributed by atoms with Crippen molar-refractivity contribution in [3.63, 3.8) is 0 Å². The minimum absolute atomic E-state index is 0.171. The standard InChI is InChI=1S/C19H18N2O5S/c1-13-10-11-20(16-8-4-5-9-17(16)27-13)18(22)12-26-19(23)14-6-2-3-7-15(14)21(24)25/h2-9,13H,10-12H2,1H3/t13-/m0/s1. The van der Waals surface area contributed by atoms with E-state index in [0.717, 1.165) is 17.0 Å². The predicted octanol–water partition coefficient (Wildman–Crippen LogP) is 3.67. The molecule has 1 atom stereocenters. The van der Waals surface area contributed by atoms with Crippen LogP contribution < -0.4 is 4.90 Å². The van der Waals surface area contributed by atoms with Gasteiger partial charge in [0.2, 0.25) is 0 Å². The Bertz CT molecular complexity index is 886. The highest BCUT2D eigenvalue weighted by atomic mass is 32.2. The largest absolute Gasteiger partial charge is 0.452 e. The number of anilines is 1. The van der Waals surface area contributed by atoms with E-state index in [4.69, 9.17) is 4.74 Å². The summed E-state index contributed by atoms with van der Waals surface area (Å²) in [6.07, 6.45) is 0.809. The Balaban J connectivity index is 1.73. The van der Waals surface area contributed by atoms with Crippen molar-refractivity contribution in [2.75, 3.05) is 18.1 Å². The molecule has 1 aliphatic rings. The monoisotopic (exact) mass is 386 g/mol. The van der Waals surface area contributed by atoms with Crippen LogP contribution in [0.3, 0.4) is 0 Å². The van der Waals surface area contributed by atoms with Gasteiger partial charge in [-0.05, 0) is 24.6 Å². The number of carbonyl (C=O) groups is 2. The first-order valence-corrected chi connectivity index (χ1v) is 9.32. The third kappa shape index (κ3) is 4.28. The van der Waals surface area contributed by atoms with Crippen molar-refractivity contribution >= 4 is 35.0 Å². The Morgan fingerprint density at radius 1 is 1.22 bits per heavy atom. The summed E-state index contributed by atoms with van der Waals surface area (Å²) in [5.41, 5.74) is 0.273. The number of rotatable bonds is 4. The third-order valence-corrected chi connectivity index (χ3v) is 5.43. The van der Waals surface area contributed by atoms with Gasteiger partial charge in [0.05, 0.1) is 10.6 Å². The van der Waals surface area contributed by atoms with E-state index in [-0.39, 0.29) is 17.2 Å². The fraction of sp³-hybridized carbons (Fsp3) is 0.263. The van der Waals surface area contributed by atoms with Crippen LogP contribution >= 0.6 is 11.8 Å². The molecule has 1 heterocycles. The summed E-state index contributed by atoms with van der Waals surface area (Å²) in [6.45, 7) is 2.15. The van der Waals surface area contributed by atoms with Gasteiger partial charge in [-0.3, -0.25) is 14.9 Å². The van der Waals surface area contributed by atoms with Crippen LogP contribution in [0.5, 0.6) is 0 Å². The second-order valence-corrected chi connectivity index (χ2v) is 7.56. The zero-order chi connectivity index (χ0) is 19.4. The zero-order valence-electron chi connectivity index (χ0n) is 14.7. The summed E-state index contributed by atoms with van der Waals surface area (Å²) < 4.78 is 5.08. The van der Waals surface area contributed by atoms with Crippen LogP contribution in [0.25, 0.3) is 0 Å². The molecule has 0 fully saturated rings. The first-order chi connectivity index (χ1) is 13.0. The van der Waals surface area contributed by atoms with Crippen molar-refractivity contribution in [3.8, 4) is 0 Å². The number of para-hydroxylation sites is 2. The first-order valence-electron chi connectivity index (χ1n) is 8.44. The molecular formula is C19H18N2O5S. The van der Waals surface area contributed by atoms with E-state index >= 15 is 0 Å². The Morgan fingerprint density at radius 2 is 1.93 bits per heavy atom. The quantitative estimate of drug-likeness (QED) is 0.452. The number of nitro groups is 1. The van der Waals surface area contributed by atoms with Crippen LogP contribution in [0.1, 0.15) is 23.7 Å². The Morgan fingerprint density at radius 3 is 2.70 bits per heavy atom. The molecule has 0 radical (unpaired) electrons. The molecular weight excluding hydrogens is 368 g/mol. The molecule has 0 saturated heterocycles. The van der Waals surface area contributed by atoms with E-state index in [1.165, 1.54) is 24.3 Å². The minimum atomic E-state index is -0.887. The highest BCUT2D eigenvalue weighted by molar-refractivity contribution is 8.00. The van der Waals surface area contributed by atoms with Crippen LogP contribution in [-0.4, -0.2) is 35.2 Å². The number of amides is 1. The highest BCUT2D eigenvalue weighted by Gasteiger charge is 2.26. The molecule has 7 nitrogen and oxygen atoms in total. The SMILES string of the molecule is C[C@H]1CCN(C(=O)COC(=O)c2ccccc2[N+](=O)[O-])c2ccccc2S1. The van der Waals surface area contributed by atoms with E-state index in [2.05, 4.69) is 6.92 Å². The second-order valence-electron chi connectivity index (χ2n) is 6.08. The molecule has 140 valence electrons. The lowest BCUT2D eigenvalue weighted by molar-refractivity contribution is -0.385. The average molecular weight is 386 g/mol. The summed E-state index contributed by atoms with van der Waals surface area (Å²) in [7, 11) is 0. The maximum atomic E-state index is 12.7. The van der Waals surface area contributed by atoms with Crippen molar-refractivity contribution in [1.29, 1.82) is 0 Å². The number of nitrogens with zero attached hydrogens (tertiary/aromatic N) is 2. The van der Waals surface area contributed by atoms with Crippen LogP contribution in [0.4, 0.5) is 11.4 Å². The molecule has 1 aliphatic heterocycles. The molecule has 0 saturated carbocycles. The number of carbonyl (C=O) groups excluding carboxylic acids is 2. The summed E-state index contributed by atoms with van der Waals surface area (Å²) in [4.78, 5) is 37.9. The van der Waals surface area contributed by atoms with Crippen LogP contribution in [0.15, 0.2) is 53.4 Å². The topological polar surface area (TPSA) is 89.8 Å². The third-order valence-electron chi connectivity index (χ3n) is 4.19. The molecule has 0 N–H and O–H groups in total. The molecule has 0 bridgehead atoms. The summed E-state index contributed by atoms with van der Waals surface area (Å²) in [6, 6.07) is 13.1.